The van der Waals surface area contributed by atoms with Gasteiger partial charge in [0, 0.05) is 31.6 Å². The van der Waals surface area contributed by atoms with E-state index in [1.807, 2.05) is 48.5 Å². The summed E-state index contributed by atoms with van der Waals surface area (Å²) in [5, 5.41) is 0. The fourth-order valence-electron chi connectivity index (χ4n) is 4.36. The second-order valence-electron chi connectivity index (χ2n) is 8.62. The third kappa shape index (κ3) is 6.05. The van der Waals surface area contributed by atoms with E-state index in [1.165, 1.54) is 4.90 Å². The first kappa shape index (κ1) is 26.8. The van der Waals surface area contributed by atoms with Gasteiger partial charge in [0.2, 0.25) is 11.8 Å². The second-order valence-corrected chi connectivity index (χ2v) is 8.62. The van der Waals surface area contributed by atoms with E-state index in [1.54, 1.807) is 40.0 Å². The van der Waals surface area contributed by atoms with Crippen molar-refractivity contribution in [3.05, 3.63) is 70.9 Å². The maximum atomic E-state index is 13.1. The van der Waals surface area contributed by atoms with Gasteiger partial charge in [0.1, 0.15) is 6.54 Å². The quantitative estimate of drug-likeness (QED) is 0.470. The molecule has 36 heavy (non-hydrogen) atoms. The summed E-state index contributed by atoms with van der Waals surface area (Å²) in [7, 11) is 4.86. The summed E-state index contributed by atoms with van der Waals surface area (Å²) >= 11 is 0. The normalized spacial score (nSPS) is 15.5. The molecule has 1 aliphatic rings. The Labute approximate surface area is 212 Å². The van der Waals surface area contributed by atoms with Gasteiger partial charge in [-0.3, -0.25) is 9.59 Å². The summed E-state index contributed by atoms with van der Waals surface area (Å²) in [6.07, 6.45) is 0.702. The largest absolute Gasteiger partial charge is 0.493 e. The molecule has 0 N–H and O–H groups in total. The van der Waals surface area contributed by atoms with E-state index in [2.05, 4.69) is 0 Å². The van der Waals surface area contributed by atoms with E-state index >= 15 is 0 Å². The van der Waals surface area contributed by atoms with Crippen molar-refractivity contribution in [3.63, 3.8) is 0 Å². The molecule has 0 radical (unpaired) electrons. The molecule has 0 aromatic heterocycles. The molecule has 1 unspecified atom stereocenters. The molecule has 0 aliphatic carbocycles. The number of methoxy groups -OCH3 is 2. The van der Waals surface area contributed by atoms with Crippen LogP contribution in [0.2, 0.25) is 0 Å². The zero-order chi connectivity index (χ0) is 26.2. The van der Waals surface area contributed by atoms with Crippen LogP contribution >= 0.6 is 0 Å². The summed E-state index contributed by atoms with van der Waals surface area (Å²) in [6, 6.07) is 15.1. The van der Waals surface area contributed by atoms with Crippen LogP contribution in [-0.2, 0) is 25.5 Å². The van der Waals surface area contributed by atoms with Crippen molar-refractivity contribution in [2.24, 2.45) is 0 Å². The molecule has 2 aromatic rings. The molecule has 192 valence electrons. The summed E-state index contributed by atoms with van der Waals surface area (Å²) in [6.45, 7) is 3.99. The predicted octanol–water partition coefficient (Wildman–Crippen LogP) is 3.56. The maximum Gasteiger partial charge on any atom is 0.336 e. The maximum absolute atomic E-state index is 13.1. The van der Waals surface area contributed by atoms with Crippen LogP contribution < -0.4 is 9.47 Å². The van der Waals surface area contributed by atoms with Crippen molar-refractivity contribution in [2.45, 2.75) is 32.6 Å². The molecule has 0 bridgehead atoms. The Bertz CT molecular complexity index is 1130. The number of rotatable bonds is 10. The van der Waals surface area contributed by atoms with Gasteiger partial charge in [0.25, 0.3) is 0 Å². The van der Waals surface area contributed by atoms with Crippen molar-refractivity contribution in [2.75, 3.05) is 41.0 Å². The molecular formula is C28H34N2O6. The van der Waals surface area contributed by atoms with Crippen LogP contribution in [0.3, 0.4) is 0 Å². The Morgan fingerprint density at radius 2 is 1.75 bits per heavy atom. The van der Waals surface area contributed by atoms with Crippen molar-refractivity contribution in [1.82, 2.24) is 9.80 Å². The van der Waals surface area contributed by atoms with Crippen LogP contribution in [0.25, 0.3) is 0 Å². The number of allylic oxidation sites excluding steroid dienone is 1. The summed E-state index contributed by atoms with van der Waals surface area (Å²) in [5.74, 6) is -0.0195. The lowest BCUT2D eigenvalue weighted by atomic mass is 9.83. The molecule has 2 amide bonds. The smallest absolute Gasteiger partial charge is 0.336 e. The number of amides is 2. The SMILES string of the molecule is CCOC(=O)C1=C(C)N(CC(=O)N(C)CCc2ccc(OC)c(OC)c2)C(=O)CC1c1ccccc1. The molecule has 1 heterocycles. The molecule has 0 fully saturated rings. The topological polar surface area (TPSA) is 85.4 Å². The fraction of sp³-hybridized carbons (Fsp3) is 0.393. The molecule has 0 saturated carbocycles. The van der Waals surface area contributed by atoms with Gasteiger partial charge in [0.05, 0.1) is 26.4 Å². The fourth-order valence-corrected chi connectivity index (χ4v) is 4.36. The first-order valence-corrected chi connectivity index (χ1v) is 12.0. The highest BCUT2D eigenvalue weighted by Crippen LogP contribution is 2.37. The Morgan fingerprint density at radius 1 is 1.06 bits per heavy atom. The van der Waals surface area contributed by atoms with Gasteiger partial charge in [-0.2, -0.15) is 0 Å². The minimum atomic E-state index is -0.462. The van der Waals surface area contributed by atoms with Crippen LogP contribution in [0.15, 0.2) is 59.8 Å². The van der Waals surface area contributed by atoms with Gasteiger partial charge in [-0.05, 0) is 43.5 Å². The second kappa shape index (κ2) is 12.2. The number of hydrogen-bond donors (Lipinski definition) is 0. The highest BCUT2D eigenvalue weighted by molar-refractivity contribution is 5.97. The van der Waals surface area contributed by atoms with Crippen molar-refractivity contribution in [1.29, 1.82) is 0 Å². The third-order valence-electron chi connectivity index (χ3n) is 6.42. The van der Waals surface area contributed by atoms with E-state index in [-0.39, 0.29) is 31.4 Å². The molecule has 8 nitrogen and oxygen atoms in total. The Kier molecular flexibility index (Phi) is 9.11. The van der Waals surface area contributed by atoms with Gasteiger partial charge in [-0.25, -0.2) is 4.79 Å². The summed E-state index contributed by atoms with van der Waals surface area (Å²) in [4.78, 5) is 42.1. The minimum absolute atomic E-state index is 0.0954. The monoisotopic (exact) mass is 494 g/mol. The van der Waals surface area contributed by atoms with E-state index in [9.17, 15) is 14.4 Å². The average molecular weight is 495 g/mol. The highest BCUT2D eigenvalue weighted by atomic mass is 16.5. The molecule has 1 aliphatic heterocycles. The highest BCUT2D eigenvalue weighted by Gasteiger charge is 2.37. The van der Waals surface area contributed by atoms with Crippen LogP contribution in [0.4, 0.5) is 0 Å². The van der Waals surface area contributed by atoms with E-state index in [4.69, 9.17) is 14.2 Å². The number of likely N-dealkylation sites (N-methyl/N-ethyl adjacent to an activating group) is 1. The number of carbonyl (C=O) groups excluding carboxylic acids is 3. The number of ether oxygens (including phenoxy) is 3. The zero-order valence-electron chi connectivity index (χ0n) is 21.6. The molecule has 0 saturated heterocycles. The first-order chi connectivity index (χ1) is 17.3. The van der Waals surface area contributed by atoms with E-state index in [0.29, 0.717) is 35.7 Å². The average Bonchev–Trinajstić information content (AvgIpc) is 2.89. The lowest BCUT2D eigenvalue weighted by Crippen LogP contribution is -2.45. The Balaban J connectivity index is 1.75. The predicted molar refractivity (Wildman–Crippen MR) is 136 cm³/mol. The number of esters is 1. The van der Waals surface area contributed by atoms with Crippen LogP contribution in [0.5, 0.6) is 11.5 Å². The lowest BCUT2D eigenvalue weighted by molar-refractivity contribution is -0.142. The van der Waals surface area contributed by atoms with Crippen molar-refractivity contribution < 1.29 is 28.6 Å². The third-order valence-corrected chi connectivity index (χ3v) is 6.42. The van der Waals surface area contributed by atoms with Gasteiger partial charge < -0.3 is 24.0 Å². The van der Waals surface area contributed by atoms with Crippen LogP contribution in [0, 0.1) is 0 Å². The number of nitrogens with zero attached hydrogens (tertiary/aromatic N) is 2. The molecule has 8 heteroatoms. The standard InChI is InChI=1S/C28H34N2O6/c1-6-36-28(33)27-19(2)30(25(31)17-22(27)21-10-8-7-9-11-21)18-26(32)29(3)15-14-20-12-13-23(34-4)24(16-20)35-5/h7-13,16,22H,6,14-15,17-18H2,1-5H3. The van der Waals surface area contributed by atoms with Gasteiger partial charge >= 0.3 is 5.97 Å². The first-order valence-electron chi connectivity index (χ1n) is 12.0. The summed E-state index contributed by atoms with van der Waals surface area (Å²) < 4.78 is 15.9. The van der Waals surface area contributed by atoms with Crippen LogP contribution in [-0.4, -0.2) is 68.5 Å². The van der Waals surface area contributed by atoms with E-state index < -0.39 is 11.9 Å². The van der Waals surface area contributed by atoms with Gasteiger partial charge in [-0.1, -0.05) is 36.4 Å². The van der Waals surface area contributed by atoms with Crippen molar-refractivity contribution >= 4 is 17.8 Å². The number of hydrogen-bond acceptors (Lipinski definition) is 6. The number of benzene rings is 2. The molecular weight excluding hydrogens is 460 g/mol. The Morgan fingerprint density at radius 3 is 2.39 bits per heavy atom. The Hall–Kier alpha value is -3.81. The van der Waals surface area contributed by atoms with Gasteiger partial charge in [-0.15, -0.1) is 0 Å². The molecule has 2 aromatic carbocycles. The lowest BCUT2D eigenvalue weighted by Gasteiger charge is -2.34. The zero-order valence-corrected chi connectivity index (χ0v) is 21.6. The molecule has 3 rings (SSSR count). The minimum Gasteiger partial charge on any atom is -0.493 e. The van der Waals surface area contributed by atoms with Gasteiger partial charge in [0.15, 0.2) is 11.5 Å². The van der Waals surface area contributed by atoms with Crippen LogP contribution in [0.1, 0.15) is 37.3 Å². The number of carbonyl (C=O) groups is 3. The molecule has 1 atom stereocenters. The summed E-state index contributed by atoms with van der Waals surface area (Å²) in [5.41, 5.74) is 2.74. The van der Waals surface area contributed by atoms with E-state index in [0.717, 1.165) is 11.1 Å². The molecule has 0 spiro atoms. The van der Waals surface area contributed by atoms with Crippen molar-refractivity contribution in [3.8, 4) is 11.5 Å².